The molecule has 64 heavy (non-hydrogen) atoms. The summed E-state index contributed by atoms with van der Waals surface area (Å²) in [6, 6.07) is 44.4. The van der Waals surface area contributed by atoms with E-state index in [1.807, 2.05) is 18.2 Å². The summed E-state index contributed by atoms with van der Waals surface area (Å²) in [5.74, 6) is 3.21. The monoisotopic (exact) mass is 1030 g/mol. The molecule has 0 saturated heterocycles. The summed E-state index contributed by atoms with van der Waals surface area (Å²) in [6.07, 6.45) is 0. The Morgan fingerprint density at radius 1 is 0.703 bits per heavy atom. The molecule has 336 valence electrons. The molecule has 0 bridgehead atoms. The molecule has 0 amide bonds. The molecule has 1 aromatic heterocycles. The fourth-order valence-corrected chi connectivity index (χ4v) is 9.26. The van der Waals surface area contributed by atoms with Crippen molar-refractivity contribution >= 4 is 22.6 Å². The van der Waals surface area contributed by atoms with Crippen LogP contribution in [0.1, 0.15) is 103 Å². The van der Waals surface area contributed by atoms with E-state index in [-0.39, 0.29) is 37.6 Å². The molecule has 7 rings (SSSR count). The number of para-hydroxylation sites is 1. The van der Waals surface area contributed by atoms with Crippen LogP contribution in [-0.2, 0) is 31.9 Å². The Morgan fingerprint density at radius 3 is 1.89 bits per heavy atom. The van der Waals surface area contributed by atoms with Gasteiger partial charge in [0.2, 0.25) is 0 Å². The maximum absolute atomic E-state index is 12.4. The first kappa shape index (κ1) is 48.2. The molecule has 6 aromatic carbocycles. The van der Waals surface area contributed by atoms with Crippen LogP contribution in [0, 0.1) is 44.6 Å². The third-order valence-electron chi connectivity index (χ3n) is 12.8. The van der Waals surface area contributed by atoms with Crippen LogP contribution in [-0.4, -0.2) is 34.1 Å². The van der Waals surface area contributed by atoms with Gasteiger partial charge in [0, 0.05) is 51.6 Å². The predicted octanol–water partition coefficient (Wildman–Crippen LogP) is 14.9. The van der Waals surface area contributed by atoms with Gasteiger partial charge in [0.1, 0.15) is 11.6 Å². The predicted molar refractivity (Wildman–Crippen MR) is 269 cm³/mol. The Labute approximate surface area is 398 Å². The van der Waals surface area contributed by atoms with Crippen LogP contribution in [0.25, 0.3) is 50.4 Å². The molecular weight excluding hydrogens is 964 g/mol. The molecule has 0 aliphatic carbocycles. The van der Waals surface area contributed by atoms with Gasteiger partial charge >= 0.3 is 0 Å². The number of nitrogens with zero attached hydrogens (tertiary/aromatic N) is 4. The van der Waals surface area contributed by atoms with Gasteiger partial charge < -0.3 is 15.0 Å². The molecule has 5 nitrogen and oxygen atoms in total. The fraction of sp³-hybridized carbons (Fsp3) is 0.345. The number of benzene rings is 6. The zero-order valence-electron chi connectivity index (χ0n) is 40.5. The number of hydrogen-bond donors (Lipinski definition) is 1. The normalized spacial score (nSPS) is 12.4. The third kappa shape index (κ3) is 9.86. The molecule has 1 N–H and O–H groups in total. The van der Waals surface area contributed by atoms with Gasteiger partial charge in [-0.2, -0.15) is 0 Å². The molecule has 6 heteroatoms. The number of phenolic OH excluding ortho intramolecular Hbond substituents is 1. The van der Waals surface area contributed by atoms with E-state index in [9.17, 15) is 5.11 Å². The smallest absolute Gasteiger partial charge is 0.148 e. The molecule has 0 atom stereocenters. The van der Waals surface area contributed by atoms with Crippen molar-refractivity contribution < 1.29 is 26.2 Å². The van der Waals surface area contributed by atoms with Gasteiger partial charge in [0.15, 0.2) is 0 Å². The maximum Gasteiger partial charge on any atom is 0.148 e. The molecule has 1 heterocycles. The minimum Gasteiger partial charge on any atom is -0.507 e. The number of aromatic hydroxyl groups is 1. The van der Waals surface area contributed by atoms with E-state index in [2.05, 4.69) is 210 Å². The quantitative estimate of drug-likeness (QED) is 0.0844. The maximum atomic E-state index is 12.4. The van der Waals surface area contributed by atoms with Crippen molar-refractivity contribution in [3.63, 3.8) is 0 Å². The van der Waals surface area contributed by atoms with E-state index >= 15 is 0 Å². The van der Waals surface area contributed by atoms with Gasteiger partial charge in [-0.25, -0.2) is 4.98 Å². The Hall–Kier alpha value is -5.25. The average Bonchev–Trinajstić information content (AvgIpc) is 3.61. The molecule has 0 unspecified atom stereocenters. The van der Waals surface area contributed by atoms with Crippen LogP contribution < -0.4 is 4.90 Å². The average molecular weight is 1030 g/mol. The van der Waals surface area contributed by atoms with Crippen molar-refractivity contribution in [2.75, 3.05) is 18.5 Å². The van der Waals surface area contributed by atoms with Crippen molar-refractivity contribution in [3.05, 3.63) is 155 Å². The topological polar surface area (TPSA) is 53.6 Å². The number of amidine groups is 1. The standard InChI is InChI=1S/C58H67N4O.Pt/c1-36(2)50(37(3)4)35-59-55(61(14)53-39(6)30-38(5)31-40(53)7)43-23-18-22-42(32-43)47-24-19-25-51-52(47)60-56(62(51)46-28-26-44(27-29-46)57(8,9)10)49-34-45(58(11,12)13)33-48(54(49)63)41-20-16-15-17-21-41;/h15-31,33-34,36-37,50,63H,35H2,1-14H3;/q-1;. The van der Waals surface area contributed by atoms with E-state index in [1.54, 1.807) is 0 Å². The molecule has 0 spiro atoms. The van der Waals surface area contributed by atoms with Crippen molar-refractivity contribution in [2.24, 2.45) is 22.7 Å². The van der Waals surface area contributed by atoms with Gasteiger partial charge in [-0.15, -0.1) is 29.8 Å². The second-order valence-corrected chi connectivity index (χ2v) is 20.4. The van der Waals surface area contributed by atoms with Crippen LogP contribution in [0.5, 0.6) is 5.75 Å². The second-order valence-electron chi connectivity index (χ2n) is 20.4. The number of rotatable bonds is 10. The first-order chi connectivity index (χ1) is 29.7. The van der Waals surface area contributed by atoms with E-state index in [4.69, 9.17) is 9.98 Å². The van der Waals surface area contributed by atoms with Crippen molar-refractivity contribution in [2.45, 2.75) is 101 Å². The van der Waals surface area contributed by atoms with Gasteiger partial charge in [0.25, 0.3) is 0 Å². The molecule has 0 radical (unpaired) electrons. The van der Waals surface area contributed by atoms with Crippen molar-refractivity contribution in [1.29, 1.82) is 0 Å². The summed E-state index contributed by atoms with van der Waals surface area (Å²) in [4.78, 5) is 13.3. The third-order valence-corrected chi connectivity index (χ3v) is 12.8. The van der Waals surface area contributed by atoms with Crippen molar-refractivity contribution in [1.82, 2.24) is 9.55 Å². The first-order valence-corrected chi connectivity index (χ1v) is 22.7. The Balaban J connectivity index is 0.00000680. The zero-order valence-corrected chi connectivity index (χ0v) is 42.7. The van der Waals surface area contributed by atoms with Crippen molar-refractivity contribution in [3.8, 4) is 45.1 Å². The number of hydrogen-bond acceptors (Lipinski definition) is 3. The minimum absolute atomic E-state index is 0. The molecule has 0 aliphatic rings. The van der Waals surface area contributed by atoms with E-state index in [0.717, 1.165) is 62.5 Å². The number of aliphatic imine (C=N–C) groups is 1. The Bertz CT molecular complexity index is 2750. The molecule has 7 aromatic rings. The summed E-state index contributed by atoms with van der Waals surface area (Å²) in [6.45, 7) is 29.8. The number of aromatic nitrogens is 2. The first-order valence-electron chi connectivity index (χ1n) is 22.7. The van der Waals surface area contributed by atoms with Gasteiger partial charge in [-0.3, -0.25) is 4.57 Å². The van der Waals surface area contributed by atoms with E-state index in [0.29, 0.717) is 29.1 Å². The largest absolute Gasteiger partial charge is 0.507 e. The summed E-state index contributed by atoms with van der Waals surface area (Å²) in [5.41, 5.74) is 15.0. The summed E-state index contributed by atoms with van der Waals surface area (Å²) < 4.78 is 2.22. The molecule has 0 saturated carbocycles. The number of imidazole rings is 1. The number of phenols is 1. The number of anilines is 1. The molecular formula is C58H67N4OPt-. The number of aryl methyl sites for hydroxylation is 3. The molecule has 0 aliphatic heterocycles. The van der Waals surface area contributed by atoms with E-state index in [1.165, 1.54) is 27.9 Å². The van der Waals surface area contributed by atoms with E-state index < -0.39 is 0 Å². The minimum atomic E-state index is -0.190. The summed E-state index contributed by atoms with van der Waals surface area (Å²) in [5, 5.41) is 12.4. The van der Waals surface area contributed by atoms with Gasteiger partial charge in [0.05, 0.1) is 22.4 Å². The van der Waals surface area contributed by atoms with Crippen LogP contribution in [0.15, 0.2) is 120 Å². The zero-order chi connectivity index (χ0) is 45.5. The SMILES string of the molecule is Cc1cc(C)c(N(C)C(=NCC(C(C)C)C(C)C)c2[c-]c(-c3cccc4c3nc(-c3cc(C(C)(C)C)cc(-c5ccccc5)c3O)n4-c3ccc(C(C)(C)C)cc3)ccc2)c(C)c1.[Pt]. The van der Waals surface area contributed by atoms with Crippen LogP contribution in [0.4, 0.5) is 5.69 Å². The van der Waals surface area contributed by atoms with Crippen LogP contribution in [0.3, 0.4) is 0 Å². The van der Waals surface area contributed by atoms with Gasteiger partial charge in [-0.05, 0) is 108 Å². The summed E-state index contributed by atoms with van der Waals surface area (Å²) >= 11 is 0. The number of fused-ring (bicyclic) bond motifs is 1. The second kappa shape index (κ2) is 19.1. The van der Waals surface area contributed by atoms with Crippen LogP contribution in [0.2, 0.25) is 0 Å². The molecule has 0 fully saturated rings. The fourth-order valence-electron chi connectivity index (χ4n) is 9.26. The Kier molecular flexibility index (Phi) is 14.4. The summed E-state index contributed by atoms with van der Waals surface area (Å²) in [7, 11) is 2.14. The van der Waals surface area contributed by atoms with Gasteiger partial charge in [-0.1, -0.05) is 153 Å². The Morgan fingerprint density at radius 2 is 1.30 bits per heavy atom. The van der Waals surface area contributed by atoms with Crippen LogP contribution >= 0.6 is 0 Å².